The molecule has 0 saturated carbocycles. The molecular formula is C37H39N3O6. The maximum atomic E-state index is 13.6. The predicted octanol–water partition coefficient (Wildman–Crippen LogP) is 7.01. The van der Waals surface area contributed by atoms with Crippen molar-refractivity contribution >= 4 is 35.0 Å². The van der Waals surface area contributed by atoms with E-state index in [0.717, 1.165) is 27.8 Å². The van der Waals surface area contributed by atoms with Crippen LogP contribution in [0.2, 0.25) is 0 Å². The SMILES string of the molecule is CCOC(=O)C[C@H](c1ccc2c(c1)OCCN2C(=O)Cc1ccc(NC(=O)Nc2ccccc2C)c(OC)c1)c1ccccc1C. The zero-order chi connectivity index (χ0) is 32.6. The lowest BCUT2D eigenvalue weighted by Crippen LogP contribution is -2.39. The summed E-state index contributed by atoms with van der Waals surface area (Å²) in [7, 11) is 1.52. The minimum Gasteiger partial charge on any atom is -0.495 e. The molecule has 1 atom stereocenters. The van der Waals surface area contributed by atoms with E-state index in [1.807, 2.05) is 80.6 Å². The van der Waals surface area contributed by atoms with E-state index in [1.54, 1.807) is 30.0 Å². The summed E-state index contributed by atoms with van der Waals surface area (Å²) in [4.78, 5) is 40.6. The average molecular weight is 622 g/mol. The number of hydrogen-bond donors (Lipinski definition) is 2. The van der Waals surface area contributed by atoms with Gasteiger partial charge in [-0.2, -0.15) is 0 Å². The van der Waals surface area contributed by atoms with Gasteiger partial charge in [-0.1, -0.05) is 54.6 Å². The minimum atomic E-state index is -0.396. The second-order valence-electron chi connectivity index (χ2n) is 11.1. The number of hydrogen-bond acceptors (Lipinski definition) is 6. The van der Waals surface area contributed by atoms with Crippen LogP contribution in [0, 0.1) is 13.8 Å². The zero-order valence-corrected chi connectivity index (χ0v) is 26.6. The molecule has 4 aromatic rings. The Hall–Kier alpha value is -5.31. The number of fused-ring (bicyclic) bond motifs is 1. The largest absolute Gasteiger partial charge is 0.495 e. The van der Waals surface area contributed by atoms with Crippen molar-refractivity contribution in [3.63, 3.8) is 0 Å². The fraction of sp³-hybridized carbons (Fsp3) is 0.270. The summed E-state index contributed by atoms with van der Waals surface area (Å²) in [5, 5.41) is 5.67. The van der Waals surface area contributed by atoms with Crippen molar-refractivity contribution in [3.05, 3.63) is 113 Å². The Balaban J connectivity index is 1.32. The molecule has 0 bridgehead atoms. The van der Waals surface area contributed by atoms with Gasteiger partial charge in [-0.15, -0.1) is 0 Å². The Labute approximate surface area is 269 Å². The van der Waals surface area contributed by atoms with Crippen LogP contribution < -0.4 is 25.0 Å². The monoisotopic (exact) mass is 621 g/mol. The molecule has 0 saturated heterocycles. The molecule has 9 nitrogen and oxygen atoms in total. The number of carbonyl (C=O) groups excluding carboxylic acids is 3. The van der Waals surface area contributed by atoms with E-state index in [1.165, 1.54) is 7.11 Å². The van der Waals surface area contributed by atoms with Gasteiger partial charge in [0.25, 0.3) is 0 Å². The second kappa shape index (κ2) is 14.6. The van der Waals surface area contributed by atoms with Gasteiger partial charge in [-0.05, 0) is 78.9 Å². The van der Waals surface area contributed by atoms with Crippen LogP contribution in [0.1, 0.15) is 47.1 Å². The van der Waals surface area contributed by atoms with E-state index < -0.39 is 6.03 Å². The summed E-state index contributed by atoms with van der Waals surface area (Å²) in [6.07, 6.45) is 0.322. The van der Waals surface area contributed by atoms with Gasteiger partial charge < -0.3 is 29.7 Å². The quantitative estimate of drug-likeness (QED) is 0.185. The fourth-order valence-corrected chi connectivity index (χ4v) is 5.69. The highest BCUT2D eigenvalue weighted by Gasteiger charge is 2.27. The molecule has 0 fully saturated rings. The smallest absolute Gasteiger partial charge is 0.323 e. The standard InChI is InChI=1S/C37H39N3O6/c1-5-45-36(42)23-29(28-12-8-6-10-24(28)2)27-15-17-32-34(22-27)46-19-18-40(32)35(41)21-26-14-16-31(33(20-26)44-4)39-37(43)38-30-13-9-7-11-25(30)3/h6-17,20,22,29H,5,18-19,21,23H2,1-4H3,(H2,38,39,43)/t29-/m1/s1. The first-order valence-electron chi connectivity index (χ1n) is 15.4. The summed E-state index contributed by atoms with van der Waals surface area (Å²) in [5.74, 6) is 0.449. The molecular weight excluding hydrogens is 582 g/mol. The number of esters is 1. The lowest BCUT2D eigenvalue weighted by Gasteiger charge is -2.31. The van der Waals surface area contributed by atoms with E-state index in [4.69, 9.17) is 14.2 Å². The molecule has 4 aromatic carbocycles. The van der Waals surface area contributed by atoms with Crippen molar-refractivity contribution in [1.29, 1.82) is 0 Å². The van der Waals surface area contributed by atoms with Crippen molar-refractivity contribution in [2.24, 2.45) is 0 Å². The highest BCUT2D eigenvalue weighted by molar-refractivity contribution is 6.01. The van der Waals surface area contributed by atoms with E-state index in [9.17, 15) is 14.4 Å². The van der Waals surface area contributed by atoms with Crippen LogP contribution in [0.15, 0.2) is 84.9 Å². The number of ether oxygens (including phenoxy) is 3. The number of amides is 3. The molecule has 238 valence electrons. The molecule has 1 aliphatic rings. The van der Waals surface area contributed by atoms with Crippen LogP contribution in [0.3, 0.4) is 0 Å². The summed E-state index contributed by atoms with van der Waals surface area (Å²) in [6, 6.07) is 26.2. The van der Waals surface area contributed by atoms with Crippen LogP contribution in [0.4, 0.5) is 21.9 Å². The van der Waals surface area contributed by atoms with Gasteiger partial charge in [-0.25, -0.2) is 4.79 Å². The Kier molecular flexibility index (Phi) is 10.2. The van der Waals surface area contributed by atoms with Gasteiger partial charge in [0.15, 0.2) is 0 Å². The first kappa shape index (κ1) is 32.1. The molecule has 0 spiro atoms. The Morgan fingerprint density at radius 2 is 1.63 bits per heavy atom. The number of methoxy groups -OCH3 is 1. The molecule has 3 amide bonds. The van der Waals surface area contributed by atoms with Gasteiger partial charge >= 0.3 is 12.0 Å². The lowest BCUT2D eigenvalue weighted by atomic mass is 9.85. The second-order valence-corrected chi connectivity index (χ2v) is 11.1. The van der Waals surface area contributed by atoms with Crippen molar-refractivity contribution in [1.82, 2.24) is 0 Å². The number of rotatable bonds is 10. The van der Waals surface area contributed by atoms with E-state index in [0.29, 0.717) is 48.3 Å². The third-order valence-corrected chi connectivity index (χ3v) is 8.05. The van der Waals surface area contributed by atoms with Gasteiger partial charge in [0.05, 0.1) is 44.5 Å². The highest BCUT2D eigenvalue weighted by atomic mass is 16.5. The third-order valence-electron chi connectivity index (χ3n) is 8.05. The Morgan fingerprint density at radius 1 is 0.891 bits per heavy atom. The number of aryl methyl sites for hydroxylation is 2. The van der Waals surface area contributed by atoms with Gasteiger partial charge in [0.2, 0.25) is 5.91 Å². The molecule has 46 heavy (non-hydrogen) atoms. The topological polar surface area (TPSA) is 106 Å². The molecule has 9 heteroatoms. The highest BCUT2D eigenvalue weighted by Crippen LogP contribution is 2.39. The van der Waals surface area contributed by atoms with Crippen LogP contribution in [-0.4, -0.2) is 44.8 Å². The maximum Gasteiger partial charge on any atom is 0.323 e. The zero-order valence-electron chi connectivity index (χ0n) is 26.6. The van der Waals surface area contributed by atoms with Gasteiger partial charge in [0.1, 0.15) is 18.1 Å². The third kappa shape index (κ3) is 7.48. The maximum absolute atomic E-state index is 13.6. The average Bonchev–Trinajstić information content (AvgIpc) is 3.05. The molecule has 1 heterocycles. The number of para-hydroxylation sites is 1. The van der Waals surface area contributed by atoms with Crippen LogP contribution in [0.5, 0.6) is 11.5 Å². The number of anilines is 3. The van der Waals surface area contributed by atoms with Crippen molar-refractivity contribution in [2.75, 3.05) is 42.4 Å². The molecule has 2 N–H and O–H groups in total. The first-order chi connectivity index (χ1) is 22.3. The summed E-state index contributed by atoms with van der Waals surface area (Å²) in [6.45, 7) is 6.82. The van der Waals surface area contributed by atoms with Crippen LogP contribution >= 0.6 is 0 Å². The molecule has 5 rings (SSSR count). The first-order valence-corrected chi connectivity index (χ1v) is 15.4. The number of benzene rings is 4. The minimum absolute atomic E-state index is 0.0978. The molecule has 0 unspecified atom stereocenters. The van der Waals surface area contributed by atoms with Crippen molar-refractivity contribution in [2.45, 2.75) is 39.5 Å². The molecule has 0 aliphatic carbocycles. The predicted molar refractivity (Wildman–Crippen MR) is 179 cm³/mol. The van der Waals surface area contributed by atoms with E-state index >= 15 is 0 Å². The lowest BCUT2D eigenvalue weighted by molar-refractivity contribution is -0.143. The van der Waals surface area contributed by atoms with Crippen molar-refractivity contribution < 1.29 is 28.6 Å². The molecule has 0 aromatic heterocycles. The van der Waals surface area contributed by atoms with E-state index in [-0.39, 0.29) is 30.6 Å². The number of carbonyl (C=O) groups is 3. The molecule has 1 aliphatic heterocycles. The number of nitrogens with zero attached hydrogens (tertiary/aromatic N) is 1. The van der Waals surface area contributed by atoms with Crippen LogP contribution in [-0.2, 0) is 20.7 Å². The fourth-order valence-electron chi connectivity index (χ4n) is 5.69. The number of nitrogens with one attached hydrogen (secondary N) is 2. The van der Waals surface area contributed by atoms with Gasteiger partial charge in [0, 0.05) is 11.6 Å². The summed E-state index contributed by atoms with van der Waals surface area (Å²) < 4.78 is 16.9. The number of urea groups is 1. The van der Waals surface area contributed by atoms with E-state index in [2.05, 4.69) is 10.6 Å². The van der Waals surface area contributed by atoms with Crippen molar-refractivity contribution in [3.8, 4) is 11.5 Å². The Bertz CT molecular complexity index is 1740. The Morgan fingerprint density at radius 3 is 2.37 bits per heavy atom. The normalized spacial score (nSPS) is 12.7. The van der Waals surface area contributed by atoms with Gasteiger partial charge in [-0.3, -0.25) is 9.59 Å². The van der Waals surface area contributed by atoms with Crippen LogP contribution in [0.25, 0.3) is 0 Å². The molecule has 0 radical (unpaired) electrons. The summed E-state index contributed by atoms with van der Waals surface area (Å²) >= 11 is 0. The summed E-state index contributed by atoms with van der Waals surface area (Å²) in [5.41, 5.74) is 6.60.